The summed E-state index contributed by atoms with van der Waals surface area (Å²) in [6.45, 7) is -0.683. The molecule has 2 aliphatic rings. The average molecular weight is 560 g/mol. The van der Waals surface area contributed by atoms with E-state index < -0.39 is 36.8 Å². The van der Waals surface area contributed by atoms with E-state index in [9.17, 15) is 22.8 Å². The fourth-order valence-electron chi connectivity index (χ4n) is 3.41. The Labute approximate surface area is 205 Å². The van der Waals surface area contributed by atoms with Crippen LogP contribution < -0.4 is 11.1 Å². The van der Waals surface area contributed by atoms with Gasteiger partial charge in [-0.05, 0) is 18.2 Å². The van der Waals surface area contributed by atoms with Crippen molar-refractivity contribution in [2.75, 3.05) is 26.7 Å². The number of hydrogen-bond acceptors (Lipinski definition) is 8. The first-order chi connectivity index (χ1) is 16.1. The Hall–Kier alpha value is -2.77. The summed E-state index contributed by atoms with van der Waals surface area (Å²) in [6.07, 6.45) is 0.962. The molecule has 1 aromatic carbocycles. The Morgan fingerprint density at radius 1 is 1.41 bits per heavy atom. The minimum absolute atomic E-state index is 0.0232. The predicted molar refractivity (Wildman–Crippen MR) is 124 cm³/mol. The molecule has 0 saturated carbocycles. The molecule has 2 aliphatic heterocycles. The van der Waals surface area contributed by atoms with Gasteiger partial charge in [-0.25, -0.2) is 22.9 Å². The number of thiazole rings is 1. The predicted octanol–water partition coefficient (Wildman–Crippen LogP) is 2.70. The number of amidine groups is 1. The standard InChI is InChI=1S/C15H17F2N5O3S.C6H4BrF/c1-25-14(24)8-5-20-12(13-19-2-3-26-13)21-9(8)6-22-7-15(16,17)4-10(22)11(18)23;7-5-2-1-3-6(8)4-5/h2-3,10H,4-7H2,1H3,(H2,18,23)(H,20,21);1-4H. The number of hydrogen-bond donors (Lipinski definition) is 2. The molecule has 0 radical (unpaired) electrons. The van der Waals surface area contributed by atoms with E-state index in [-0.39, 0.29) is 24.5 Å². The highest BCUT2D eigenvalue weighted by Crippen LogP contribution is 2.32. The van der Waals surface area contributed by atoms with Crippen LogP contribution in [0.1, 0.15) is 11.4 Å². The number of methoxy groups -OCH3 is 1. The maximum absolute atomic E-state index is 13.8. The summed E-state index contributed by atoms with van der Waals surface area (Å²) in [4.78, 5) is 33.2. The third-order valence-corrected chi connectivity index (χ3v) is 6.21. The molecule has 8 nitrogen and oxygen atoms in total. The van der Waals surface area contributed by atoms with E-state index in [4.69, 9.17) is 10.5 Å². The van der Waals surface area contributed by atoms with Crippen molar-refractivity contribution >= 4 is 45.0 Å². The second kappa shape index (κ2) is 11.1. The lowest BCUT2D eigenvalue weighted by Gasteiger charge is -2.26. The van der Waals surface area contributed by atoms with Crippen LogP contribution in [0.15, 0.2) is 56.6 Å². The van der Waals surface area contributed by atoms with Crippen LogP contribution in [0.2, 0.25) is 0 Å². The van der Waals surface area contributed by atoms with Gasteiger partial charge in [0.25, 0.3) is 5.92 Å². The molecule has 1 unspecified atom stereocenters. The smallest absolute Gasteiger partial charge is 0.337 e. The normalized spacial score (nSPS) is 19.6. The van der Waals surface area contributed by atoms with Crippen molar-refractivity contribution in [3.63, 3.8) is 0 Å². The molecule has 4 rings (SSSR count). The molecule has 3 heterocycles. The minimum atomic E-state index is -3.02. The molecular formula is C21H21BrF3N5O3S. The summed E-state index contributed by atoms with van der Waals surface area (Å²) in [5, 5.41) is 5.34. The molecule has 1 saturated heterocycles. The highest BCUT2D eigenvalue weighted by Gasteiger charge is 2.47. The number of nitrogens with zero attached hydrogens (tertiary/aromatic N) is 3. The number of nitrogens with two attached hydrogens (primary N) is 1. The molecule has 1 amide bonds. The van der Waals surface area contributed by atoms with E-state index in [2.05, 4.69) is 31.2 Å². The highest BCUT2D eigenvalue weighted by atomic mass is 79.9. The average Bonchev–Trinajstić information content (AvgIpc) is 3.41. The second-order valence-corrected chi connectivity index (χ2v) is 9.21. The van der Waals surface area contributed by atoms with Crippen LogP contribution in [0, 0.1) is 5.82 Å². The summed E-state index contributed by atoms with van der Waals surface area (Å²) in [6, 6.07) is 5.15. The number of alkyl halides is 2. The minimum Gasteiger partial charge on any atom is -0.466 e. The summed E-state index contributed by atoms with van der Waals surface area (Å²) in [5.74, 6) is -4.24. The molecule has 13 heteroatoms. The van der Waals surface area contributed by atoms with Crippen LogP contribution in [-0.4, -0.2) is 66.3 Å². The first-order valence-electron chi connectivity index (χ1n) is 9.93. The van der Waals surface area contributed by atoms with Gasteiger partial charge in [-0.3, -0.25) is 14.7 Å². The molecule has 2 aromatic rings. The lowest BCUT2D eigenvalue weighted by molar-refractivity contribution is -0.136. The number of aliphatic imine (C=N–C) groups is 1. The van der Waals surface area contributed by atoms with Crippen molar-refractivity contribution in [1.82, 2.24) is 15.2 Å². The molecule has 0 aliphatic carbocycles. The fourth-order valence-corrected chi connectivity index (χ4v) is 4.38. The Balaban J connectivity index is 0.000000343. The molecular weight excluding hydrogens is 539 g/mol. The Kier molecular flexibility index (Phi) is 8.44. The highest BCUT2D eigenvalue weighted by molar-refractivity contribution is 9.10. The van der Waals surface area contributed by atoms with Crippen LogP contribution >= 0.6 is 27.3 Å². The third kappa shape index (κ3) is 6.64. The number of halogens is 4. The van der Waals surface area contributed by atoms with Gasteiger partial charge in [-0.2, -0.15) is 0 Å². The quantitative estimate of drug-likeness (QED) is 0.545. The number of primary amides is 1. The number of benzene rings is 1. The number of nitrogens with one attached hydrogen (secondary N) is 1. The van der Waals surface area contributed by atoms with Crippen molar-refractivity contribution in [2.45, 2.75) is 18.4 Å². The van der Waals surface area contributed by atoms with E-state index in [1.165, 1.54) is 35.5 Å². The number of rotatable bonds is 5. The Bertz CT molecular complexity index is 1090. The summed E-state index contributed by atoms with van der Waals surface area (Å²) < 4.78 is 45.2. The van der Waals surface area contributed by atoms with E-state index in [0.29, 0.717) is 16.5 Å². The first kappa shape index (κ1) is 25.8. The number of amides is 1. The van der Waals surface area contributed by atoms with Gasteiger partial charge < -0.3 is 15.8 Å². The lowest BCUT2D eigenvalue weighted by Crippen LogP contribution is -2.45. The summed E-state index contributed by atoms with van der Waals surface area (Å²) in [5.41, 5.74) is 5.83. The third-order valence-electron chi connectivity index (χ3n) is 4.94. The molecule has 1 atom stereocenters. The first-order valence-corrected chi connectivity index (χ1v) is 11.6. The number of carbonyl (C=O) groups excluding carboxylic acids is 2. The fraction of sp³-hybridized carbons (Fsp3) is 0.333. The zero-order valence-corrected chi connectivity index (χ0v) is 20.3. The largest absolute Gasteiger partial charge is 0.466 e. The van der Waals surface area contributed by atoms with Gasteiger partial charge in [0, 0.05) is 34.7 Å². The van der Waals surface area contributed by atoms with Gasteiger partial charge in [-0.1, -0.05) is 22.0 Å². The van der Waals surface area contributed by atoms with E-state index in [1.807, 2.05) is 0 Å². The van der Waals surface area contributed by atoms with Crippen LogP contribution in [-0.2, 0) is 14.3 Å². The van der Waals surface area contributed by atoms with Gasteiger partial charge in [-0.15, -0.1) is 11.3 Å². The maximum atomic E-state index is 13.8. The van der Waals surface area contributed by atoms with E-state index in [1.54, 1.807) is 23.7 Å². The maximum Gasteiger partial charge on any atom is 0.337 e. The van der Waals surface area contributed by atoms with Crippen molar-refractivity contribution in [3.05, 3.63) is 62.4 Å². The lowest BCUT2D eigenvalue weighted by atomic mass is 10.1. The number of aromatic nitrogens is 1. The van der Waals surface area contributed by atoms with Crippen molar-refractivity contribution in [2.24, 2.45) is 10.7 Å². The topological polar surface area (TPSA) is 110 Å². The molecule has 0 bridgehead atoms. The molecule has 1 aromatic heterocycles. The number of carbonyl (C=O) groups is 2. The number of likely N-dealkylation sites (tertiary alicyclic amines) is 1. The molecule has 3 N–H and O–H groups in total. The van der Waals surface area contributed by atoms with Crippen LogP contribution in [0.5, 0.6) is 0 Å². The number of ether oxygens (including phenoxy) is 1. The van der Waals surface area contributed by atoms with Gasteiger partial charge in [0.05, 0.1) is 31.8 Å². The van der Waals surface area contributed by atoms with Gasteiger partial charge in [0.2, 0.25) is 5.91 Å². The van der Waals surface area contributed by atoms with Crippen LogP contribution in [0.4, 0.5) is 13.2 Å². The molecule has 0 spiro atoms. The number of esters is 1. The van der Waals surface area contributed by atoms with Crippen molar-refractivity contribution in [3.8, 4) is 0 Å². The van der Waals surface area contributed by atoms with Gasteiger partial charge >= 0.3 is 5.97 Å². The summed E-state index contributed by atoms with van der Waals surface area (Å²) in [7, 11) is 1.23. The van der Waals surface area contributed by atoms with Crippen LogP contribution in [0.3, 0.4) is 0 Å². The molecule has 182 valence electrons. The van der Waals surface area contributed by atoms with E-state index in [0.717, 1.165) is 4.47 Å². The Morgan fingerprint density at radius 3 is 2.74 bits per heavy atom. The molecule has 1 fully saturated rings. The summed E-state index contributed by atoms with van der Waals surface area (Å²) >= 11 is 4.47. The van der Waals surface area contributed by atoms with Crippen LogP contribution in [0.25, 0.3) is 0 Å². The monoisotopic (exact) mass is 559 g/mol. The second-order valence-electron chi connectivity index (χ2n) is 7.40. The Morgan fingerprint density at radius 2 is 2.18 bits per heavy atom. The van der Waals surface area contributed by atoms with Crippen molar-refractivity contribution in [1.29, 1.82) is 0 Å². The van der Waals surface area contributed by atoms with E-state index >= 15 is 0 Å². The van der Waals surface area contributed by atoms with Gasteiger partial charge in [0.1, 0.15) is 5.82 Å². The SMILES string of the molecule is COC(=O)C1=C(CN2CC(F)(F)CC2C(N)=O)NC(c2nccs2)=NC1.Fc1cccc(Br)c1. The van der Waals surface area contributed by atoms with Crippen molar-refractivity contribution < 1.29 is 27.5 Å². The zero-order chi connectivity index (χ0) is 24.9. The van der Waals surface area contributed by atoms with Gasteiger partial charge in [0.15, 0.2) is 10.8 Å². The molecule has 34 heavy (non-hydrogen) atoms. The zero-order valence-electron chi connectivity index (χ0n) is 17.9.